The molecule has 0 bridgehead atoms. The number of rotatable bonds is 10. The van der Waals surface area contributed by atoms with E-state index < -0.39 is 35.6 Å². The molecule has 0 saturated heterocycles. The summed E-state index contributed by atoms with van der Waals surface area (Å²) in [7, 11) is 0. The minimum Gasteiger partial charge on any atom is -0.444 e. The van der Waals surface area contributed by atoms with Gasteiger partial charge in [-0.2, -0.15) is 12.6 Å². The Morgan fingerprint density at radius 2 is 1.97 bits per heavy atom. The Balaban J connectivity index is 3.32. The third-order valence-electron chi connectivity index (χ3n) is 4.63. The first kappa shape index (κ1) is 28.1. The van der Waals surface area contributed by atoms with Crippen LogP contribution in [0.15, 0.2) is 30.8 Å². The molecule has 0 aliphatic rings. The molecule has 3 amide bonds. The first-order valence-corrected chi connectivity index (χ1v) is 11.5. The number of nitrogens with one attached hydrogen (secondary N) is 2. The maximum Gasteiger partial charge on any atom is 0.408 e. The summed E-state index contributed by atoms with van der Waals surface area (Å²) in [5, 5.41) is 5.42. The number of hydrogen-bond acceptors (Lipinski definition) is 5. The number of amides is 3. The van der Waals surface area contributed by atoms with E-state index in [0.29, 0.717) is 5.56 Å². The van der Waals surface area contributed by atoms with Crippen LogP contribution in [0, 0.1) is 12.5 Å². The summed E-state index contributed by atoms with van der Waals surface area (Å²) in [6.07, 6.45) is 8.24. The van der Waals surface area contributed by atoms with Crippen LogP contribution in [-0.4, -0.2) is 46.2 Å². The van der Waals surface area contributed by atoms with Gasteiger partial charge in [-0.15, -0.1) is 0 Å². The molecule has 3 unspecified atom stereocenters. The summed E-state index contributed by atoms with van der Waals surface area (Å²) in [5.41, 5.74) is 0.548. The molecule has 0 spiro atoms. The van der Waals surface area contributed by atoms with Crippen LogP contribution in [0.4, 0.5) is 4.79 Å². The van der Waals surface area contributed by atoms with Crippen LogP contribution in [0.5, 0.6) is 0 Å². The monoisotopic (exact) mass is 473 g/mol. The normalized spacial score (nSPS) is 13.6. The van der Waals surface area contributed by atoms with E-state index in [9.17, 15) is 14.4 Å². The van der Waals surface area contributed by atoms with E-state index in [4.69, 9.17) is 11.2 Å². The fourth-order valence-corrected chi connectivity index (χ4v) is 3.42. The standard InChI is InChI=1S/C25H35N3O4S/c1-8-12-17(4)26-22(29)21(19-14-11-13-18(9-2)15-19)28(10-3)23(30)20(16-33)27-24(31)32-25(5,6)7/h3,9,11,13-15,17,20-21,33H,2,8,12,16H2,1,4-7H3,(H,26,29)(H,27,31). The Labute approximate surface area is 202 Å². The Kier molecular flexibility index (Phi) is 11.0. The fourth-order valence-electron chi connectivity index (χ4n) is 3.17. The lowest BCUT2D eigenvalue weighted by molar-refractivity contribution is -0.138. The molecule has 2 N–H and O–H groups in total. The Hall–Kier alpha value is -2.92. The van der Waals surface area contributed by atoms with Crippen LogP contribution < -0.4 is 10.6 Å². The van der Waals surface area contributed by atoms with Crippen LogP contribution in [0.25, 0.3) is 6.08 Å². The van der Waals surface area contributed by atoms with Gasteiger partial charge in [-0.05, 0) is 51.3 Å². The number of ether oxygens (including phenoxy) is 1. The van der Waals surface area contributed by atoms with Crippen LogP contribution in [0.3, 0.4) is 0 Å². The molecule has 7 nitrogen and oxygen atoms in total. The smallest absolute Gasteiger partial charge is 0.408 e. The van der Waals surface area contributed by atoms with Crippen LogP contribution in [0.1, 0.15) is 64.6 Å². The number of benzene rings is 1. The Bertz CT molecular complexity index is 888. The maximum atomic E-state index is 13.4. The van der Waals surface area contributed by atoms with Gasteiger partial charge in [0.05, 0.1) is 0 Å². The summed E-state index contributed by atoms with van der Waals surface area (Å²) >= 11 is 4.20. The largest absolute Gasteiger partial charge is 0.444 e. The van der Waals surface area contributed by atoms with E-state index in [2.05, 4.69) is 35.9 Å². The topological polar surface area (TPSA) is 87.7 Å². The lowest BCUT2D eigenvalue weighted by atomic mass is 10.0. The number of alkyl carbamates (subject to hydrolysis) is 1. The first-order chi connectivity index (χ1) is 15.5. The SMILES string of the molecule is C#CN(C(=O)C(CS)NC(=O)OC(C)(C)C)C(C(=O)NC(C)CCC)c1cccc(C=C)c1. The molecular weight excluding hydrogens is 438 g/mol. The first-order valence-electron chi connectivity index (χ1n) is 10.9. The van der Waals surface area contributed by atoms with Gasteiger partial charge in [0, 0.05) is 17.8 Å². The van der Waals surface area contributed by atoms with Crippen LogP contribution in [0.2, 0.25) is 0 Å². The fraction of sp³-hybridized carbons (Fsp3) is 0.480. The van der Waals surface area contributed by atoms with Gasteiger partial charge >= 0.3 is 6.09 Å². The quantitative estimate of drug-likeness (QED) is 0.273. The minimum atomic E-state index is -1.11. The summed E-state index contributed by atoms with van der Waals surface area (Å²) in [4.78, 5) is 39.9. The van der Waals surface area contributed by atoms with Gasteiger partial charge in [0.1, 0.15) is 17.7 Å². The van der Waals surface area contributed by atoms with Crippen molar-refractivity contribution in [1.82, 2.24) is 15.5 Å². The molecule has 1 aromatic rings. The van der Waals surface area contributed by atoms with Gasteiger partial charge in [0.25, 0.3) is 5.91 Å². The maximum absolute atomic E-state index is 13.4. The second kappa shape index (κ2) is 12.9. The molecule has 0 heterocycles. The molecule has 1 aromatic carbocycles. The van der Waals surface area contributed by atoms with Gasteiger partial charge in [0.2, 0.25) is 5.91 Å². The van der Waals surface area contributed by atoms with Gasteiger partial charge in [-0.3, -0.25) is 14.5 Å². The van der Waals surface area contributed by atoms with Crippen molar-refractivity contribution in [2.75, 3.05) is 5.75 Å². The van der Waals surface area contributed by atoms with Gasteiger partial charge < -0.3 is 15.4 Å². The highest BCUT2D eigenvalue weighted by atomic mass is 32.1. The predicted octanol–water partition coefficient (Wildman–Crippen LogP) is 3.92. The van der Waals surface area contributed by atoms with E-state index >= 15 is 0 Å². The molecule has 1 rings (SSSR count). The van der Waals surface area contributed by atoms with E-state index in [1.165, 1.54) is 0 Å². The van der Waals surface area contributed by atoms with Gasteiger partial charge in [0.15, 0.2) is 0 Å². The molecule has 33 heavy (non-hydrogen) atoms. The molecule has 180 valence electrons. The van der Waals surface area contributed by atoms with Crippen molar-refractivity contribution in [1.29, 1.82) is 0 Å². The Morgan fingerprint density at radius 3 is 2.48 bits per heavy atom. The van der Waals surface area contributed by atoms with Crippen molar-refractivity contribution in [2.45, 2.75) is 71.2 Å². The Morgan fingerprint density at radius 1 is 1.30 bits per heavy atom. The highest BCUT2D eigenvalue weighted by Gasteiger charge is 2.35. The number of thiol groups is 1. The average Bonchev–Trinajstić information content (AvgIpc) is 2.73. The average molecular weight is 474 g/mol. The van der Waals surface area contributed by atoms with E-state index in [1.807, 2.05) is 19.9 Å². The molecule has 8 heteroatoms. The third kappa shape index (κ3) is 8.85. The predicted molar refractivity (Wildman–Crippen MR) is 134 cm³/mol. The zero-order valence-corrected chi connectivity index (χ0v) is 20.9. The van der Waals surface area contributed by atoms with Gasteiger partial charge in [-0.1, -0.05) is 50.6 Å². The molecule has 0 aliphatic carbocycles. The molecule has 0 aliphatic heterocycles. The van der Waals surface area contributed by atoms with Crippen molar-refractivity contribution in [3.8, 4) is 12.5 Å². The van der Waals surface area contributed by atoms with E-state index in [-0.39, 0.29) is 11.8 Å². The lowest BCUT2D eigenvalue weighted by Crippen LogP contribution is -2.52. The second-order valence-electron chi connectivity index (χ2n) is 8.69. The van der Waals surface area contributed by atoms with E-state index in [0.717, 1.165) is 23.3 Å². The highest BCUT2D eigenvalue weighted by molar-refractivity contribution is 7.80. The van der Waals surface area contributed by atoms with Crippen molar-refractivity contribution < 1.29 is 19.1 Å². The van der Waals surface area contributed by atoms with Crippen LogP contribution >= 0.6 is 12.6 Å². The van der Waals surface area contributed by atoms with Crippen molar-refractivity contribution >= 4 is 36.6 Å². The van der Waals surface area contributed by atoms with Crippen molar-refractivity contribution in [3.05, 3.63) is 42.0 Å². The van der Waals surface area contributed by atoms with Crippen molar-refractivity contribution in [3.63, 3.8) is 0 Å². The zero-order chi connectivity index (χ0) is 25.2. The number of hydrogen-bond donors (Lipinski definition) is 3. The summed E-state index contributed by atoms with van der Waals surface area (Å²) < 4.78 is 5.24. The number of carbonyl (C=O) groups excluding carboxylic acids is 3. The number of nitrogens with zero attached hydrogens (tertiary/aromatic N) is 1. The number of terminal acetylenes is 1. The highest BCUT2D eigenvalue weighted by Crippen LogP contribution is 2.24. The molecule has 0 radical (unpaired) electrons. The summed E-state index contributed by atoms with van der Waals surface area (Å²) in [5.74, 6) is -1.10. The minimum absolute atomic E-state index is 0.0382. The lowest BCUT2D eigenvalue weighted by Gasteiger charge is -2.30. The summed E-state index contributed by atoms with van der Waals surface area (Å²) in [6.45, 7) is 12.8. The van der Waals surface area contributed by atoms with Crippen molar-refractivity contribution in [2.24, 2.45) is 0 Å². The zero-order valence-electron chi connectivity index (χ0n) is 20.1. The third-order valence-corrected chi connectivity index (χ3v) is 4.99. The van der Waals surface area contributed by atoms with E-state index in [1.54, 1.807) is 45.0 Å². The molecular formula is C25H35N3O4S. The molecule has 3 atom stereocenters. The summed E-state index contributed by atoms with van der Waals surface area (Å²) in [6, 6.07) is 7.08. The molecule has 0 fully saturated rings. The second-order valence-corrected chi connectivity index (χ2v) is 9.06. The molecule has 0 aromatic heterocycles. The number of carbonyl (C=O) groups is 3. The van der Waals surface area contributed by atoms with Crippen LogP contribution in [-0.2, 0) is 14.3 Å². The molecule has 0 saturated carbocycles. The van der Waals surface area contributed by atoms with Gasteiger partial charge in [-0.25, -0.2) is 4.79 Å².